The van der Waals surface area contributed by atoms with Crippen molar-refractivity contribution in [3.8, 4) is 33.8 Å². The first-order chi connectivity index (χ1) is 23.8. The molecule has 8 heteroatoms. The van der Waals surface area contributed by atoms with Gasteiger partial charge in [0.25, 0.3) is 0 Å². The lowest BCUT2D eigenvalue weighted by atomic mass is 9.74. The van der Waals surface area contributed by atoms with Crippen LogP contribution in [0.3, 0.4) is 0 Å². The molecule has 6 aromatic rings. The van der Waals surface area contributed by atoms with Gasteiger partial charge in [-0.25, -0.2) is 19.9 Å². The Bertz CT molecular complexity index is 1950. The van der Waals surface area contributed by atoms with Crippen LogP contribution in [0.5, 0.6) is 0 Å². The third-order valence-corrected chi connectivity index (χ3v) is 8.08. The Balaban J connectivity index is 0.000000210. The fraction of sp³-hybridized carbons (Fsp3) is 0.238. The lowest BCUT2D eigenvalue weighted by Gasteiger charge is -2.10. The molecule has 0 bridgehead atoms. The largest absolute Gasteiger partial charge is 0.488 e. The number of benzene rings is 4. The van der Waals surface area contributed by atoms with E-state index in [1.165, 1.54) is 45.3 Å². The highest BCUT2D eigenvalue weighted by Gasteiger charge is 2.15. The van der Waals surface area contributed by atoms with E-state index in [0.29, 0.717) is 10.6 Å². The van der Waals surface area contributed by atoms with E-state index in [4.69, 9.17) is 21.6 Å². The summed E-state index contributed by atoms with van der Waals surface area (Å²) in [6.45, 7) is 20.3. The van der Waals surface area contributed by atoms with Gasteiger partial charge in [-0.3, -0.25) is 0 Å². The second-order valence-electron chi connectivity index (χ2n) is 12.2. The first-order valence-electron chi connectivity index (χ1n) is 16.8. The third kappa shape index (κ3) is 11.2. The quantitative estimate of drug-likeness (QED) is 0.142. The molecule has 6 rings (SSSR count). The van der Waals surface area contributed by atoms with Gasteiger partial charge in [0.15, 0.2) is 0 Å². The van der Waals surface area contributed by atoms with Gasteiger partial charge in [0.2, 0.25) is 0 Å². The lowest BCUT2D eigenvalue weighted by molar-refractivity contribution is 0.425. The van der Waals surface area contributed by atoms with Crippen LogP contribution in [-0.4, -0.2) is 37.1 Å². The molecule has 2 aromatic heterocycles. The molecule has 0 saturated heterocycles. The summed E-state index contributed by atoms with van der Waals surface area (Å²) in [5.74, 6) is 0. The molecular formula is C42H48BClN4O2. The zero-order valence-electron chi connectivity index (χ0n) is 30.9. The Morgan fingerprint density at radius 1 is 0.480 bits per heavy atom. The highest BCUT2D eigenvalue weighted by atomic mass is 35.5. The highest BCUT2D eigenvalue weighted by molar-refractivity contribution is 6.59. The molecule has 50 heavy (non-hydrogen) atoms. The summed E-state index contributed by atoms with van der Waals surface area (Å²) in [7, 11) is -1.35. The predicted octanol–water partition coefficient (Wildman–Crippen LogP) is 9.47. The minimum absolute atomic E-state index is 0.471. The Labute approximate surface area is 303 Å². The molecule has 0 unspecified atom stereocenters. The summed E-state index contributed by atoms with van der Waals surface area (Å²) in [6, 6.07) is 28.6. The molecule has 0 fully saturated rings. The number of halogens is 1. The van der Waals surface area contributed by atoms with E-state index in [9.17, 15) is 0 Å². The van der Waals surface area contributed by atoms with Crippen molar-refractivity contribution < 1.29 is 10.0 Å². The summed E-state index contributed by atoms with van der Waals surface area (Å²) in [6.07, 6.45) is 3.14. The summed E-state index contributed by atoms with van der Waals surface area (Å²) in [5, 5.41) is 18.4. The molecule has 0 saturated carbocycles. The van der Waals surface area contributed by atoms with Gasteiger partial charge >= 0.3 is 7.12 Å². The maximum absolute atomic E-state index is 8.94. The average Bonchev–Trinajstić information content (AvgIpc) is 3.05. The maximum atomic E-state index is 8.94. The Hall–Kier alpha value is -4.69. The van der Waals surface area contributed by atoms with Crippen molar-refractivity contribution in [2.45, 2.75) is 69.2 Å². The van der Waals surface area contributed by atoms with Crippen molar-refractivity contribution in [2.75, 3.05) is 0 Å². The fourth-order valence-electron chi connectivity index (χ4n) is 5.84. The van der Waals surface area contributed by atoms with Crippen molar-refractivity contribution in [2.24, 2.45) is 0 Å². The summed E-state index contributed by atoms with van der Waals surface area (Å²) in [4.78, 5) is 17.0. The van der Waals surface area contributed by atoms with Gasteiger partial charge in [-0.15, -0.1) is 0 Å². The molecule has 0 aliphatic carbocycles. The van der Waals surface area contributed by atoms with Crippen molar-refractivity contribution in [3.63, 3.8) is 0 Å². The van der Waals surface area contributed by atoms with Crippen LogP contribution in [0.4, 0.5) is 0 Å². The Morgan fingerprint density at radius 3 is 1.26 bits per heavy atom. The molecule has 0 atom stereocenters. The van der Waals surface area contributed by atoms with Gasteiger partial charge in [-0.2, -0.15) is 0 Å². The van der Waals surface area contributed by atoms with Crippen LogP contribution < -0.4 is 5.46 Å². The fourth-order valence-corrected chi connectivity index (χ4v) is 5.99. The standard InChI is InChI=1S/C20H20N2.C12H11ClN2.C8H11BO2.C2H6/c1-13-8-14(2)10-17(9-13)18-11-19(22-12-21-18)20-15(3)6-5-7-16(20)4;1-8-3-9(2)5-10(4-8)11-6-12(13)15-7-14-11;1-6-4-3-5-7(2)8(6)9(10)11;1-2/h5-12H,1-4H3;3-7H,1-2H3;3-5,10-11H,1-2H3;1-2H3. The minimum Gasteiger partial charge on any atom is -0.423 e. The van der Waals surface area contributed by atoms with E-state index in [2.05, 4.69) is 122 Å². The van der Waals surface area contributed by atoms with Crippen molar-refractivity contribution >= 4 is 24.2 Å². The molecule has 0 radical (unpaired) electrons. The zero-order chi connectivity index (χ0) is 37.0. The molecule has 0 aliphatic rings. The number of aryl methyl sites for hydroxylation is 8. The molecule has 0 amide bonds. The van der Waals surface area contributed by atoms with E-state index >= 15 is 0 Å². The van der Waals surface area contributed by atoms with Gasteiger partial charge in [-0.1, -0.05) is 107 Å². The zero-order valence-corrected chi connectivity index (χ0v) is 31.6. The van der Waals surface area contributed by atoms with Crippen LogP contribution >= 0.6 is 11.6 Å². The second-order valence-corrected chi connectivity index (χ2v) is 12.6. The van der Waals surface area contributed by atoms with Crippen LogP contribution in [0.15, 0.2) is 97.6 Å². The molecule has 0 aliphatic heterocycles. The first-order valence-corrected chi connectivity index (χ1v) is 17.2. The smallest absolute Gasteiger partial charge is 0.423 e. The summed E-state index contributed by atoms with van der Waals surface area (Å²) >= 11 is 5.82. The molecule has 0 spiro atoms. The summed E-state index contributed by atoms with van der Waals surface area (Å²) < 4.78 is 0. The number of rotatable bonds is 4. The summed E-state index contributed by atoms with van der Waals surface area (Å²) in [5.41, 5.74) is 16.1. The molecule has 2 heterocycles. The van der Waals surface area contributed by atoms with Crippen LogP contribution in [-0.2, 0) is 0 Å². The Kier molecular flexibility index (Phi) is 15.0. The second kappa shape index (κ2) is 18.9. The lowest BCUT2D eigenvalue weighted by Crippen LogP contribution is -2.34. The minimum atomic E-state index is -1.35. The van der Waals surface area contributed by atoms with Crippen LogP contribution in [0.2, 0.25) is 5.15 Å². The van der Waals surface area contributed by atoms with E-state index in [-0.39, 0.29) is 0 Å². The Morgan fingerprint density at radius 2 is 0.860 bits per heavy atom. The van der Waals surface area contributed by atoms with E-state index < -0.39 is 7.12 Å². The van der Waals surface area contributed by atoms with Gasteiger partial charge in [0, 0.05) is 22.8 Å². The average molecular weight is 687 g/mol. The number of aromatic nitrogens is 4. The molecule has 4 aromatic carbocycles. The first kappa shape index (κ1) is 39.8. The molecule has 6 nitrogen and oxygen atoms in total. The van der Waals surface area contributed by atoms with E-state index in [0.717, 1.165) is 39.3 Å². The van der Waals surface area contributed by atoms with Gasteiger partial charge in [0.05, 0.1) is 17.1 Å². The number of hydrogen-bond acceptors (Lipinski definition) is 6. The van der Waals surface area contributed by atoms with Gasteiger partial charge in [-0.05, 0) is 102 Å². The van der Waals surface area contributed by atoms with Crippen molar-refractivity contribution in [1.82, 2.24) is 19.9 Å². The normalized spacial score (nSPS) is 10.1. The van der Waals surface area contributed by atoms with Crippen molar-refractivity contribution in [3.05, 3.63) is 147 Å². The van der Waals surface area contributed by atoms with Crippen molar-refractivity contribution in [1.29, 1.82) is 0 Å². The van der Waals surface area contributed by atoms with Gasteiger partial charge < -0.3 is 10.0 Å². The number of nitrogens with zero attached hydrogens (tertiary/aromatic N) is 4. The predicted molar refractivity (Wildman–Crippen MR) is 211 cm³/mol. The highest BCUT2D eigenvalue weighted by Crippen LogP contribution is 2.28. The van der Waals surface area contributed by atoms with Crippen LogP contribution in [0, 0.1) is 55.4 Å². The molecular weight excluding hydrogens is 639 g/mol. The third-order valence-electron chi connectivity index (χ3n) is 7.87. The van der Waals surface area contributed by atoms with E-state index in [1.807, 2.05) is 45.9 Å². The van der Waals surface area contributed by atoms with Crippen LogP contribution in [0.1, 0.15) is 58.4 Å². The monoisotopic (exact) mass is 686 g/mol. The number of hydrogen-bond donors (Lipinski definition) is 2. The topological polar surface area (TPSA) is 92.0 Å². The van der Waals surface area contributed by atoms with Crippen LogP contribution in [0.25, 0.3) is 33.8 Å². The van der Waals surface area contributed by atoms with E-state index in [1.54, 1.807) is 12.4 Å². The molecule has 2 N–H and O–H groups in total. The maximum Gasteiger partial charge on any atom is 0.488 e. The SMILES string of the molecule is CC.Cc1cc(C)cc(-c2cc(-c3c(C)cccc3C)ncn2)c1.Cc1cc(C)cc(-c2cc(Cl)ncn2)c1.Cc1cccc(C)c1B(O)O. The molecule has 258 valence electrons. The van der Waals surface area contributed by atoms with Gasteiger partial charge in [0.1, 0.15) is 17.8 Å².